The molecule has 1 N–H and O–H groups in total. The first-order valence-electron chi connectivity index (χ1n) is 10.0. The van der Waals surface area contributed by atoms with E-state index in [1.807, 2.05) is 25.5 Å². The van der Waals surface area contributed by atoms with E-state index in [1.165, 1.54) is 23.9 Å². The first-order chi connectivity index (χ1) is 15.3. The van der Waals surface area contributed by atoms with E-state index < -0.39 is 4.92 Å². The summed E-state index contributed by atoms with van der Waals surface area (Å²) in [5.74, 6) is 1.83. The molecule has 32 heavy (non-hydrogen) atoms. The van der Waals surface area contributed by atoms with Gasteiger partial charge in [0.15, 0.2) is 11.0 Å². The van der Waals surface area contributed by atoms with Gasteiger partial charge in [-0.25, -0.2) is 0 Å². The van der Waals surface area contributed by atoms with Crippen LogP contribution in [0.25, 0.3) is 0 Å². The maximum atomic E-state index is 12.8. The fourth-order valence-electron chi connectivity index (χ4n) is 3.08. The second-order valence-corrected chi connectivity index (χ2v) is 8.48. The number of nitro benzene ring substituents is 1. The van der Waals surface area contributed by atoms with Crippen molar-refractivity contribution in [3.63, 3.8) is 0 Å². The van der Waals surface area contributed by atoms with Crippen molar-refractivity contribution in [2.75, 3.05) is 7.11 Å². The molecule has 10 heteroatoms. The second-order valence-electron chi connectivity index (χ2n) is 7.54. The van der Waals surface area contributed by atoms with Crippen LogP contribution in [-0.2, 0) is 12.8 Å². The van der Waals surface area contributed by atoms with Gasteiger partial charge in [0.2, 0.25) is 0 Å². The second kappa shape index (κ2) is 10.3. The van der Waals surface area contributed by atoms with Gasteiger partial charge in [0.25, 0.3) is 11.6 Å². The van der Waals surface area contributed by atoms with Crippen molar-refractivity contribution in [2.24, 2.45) is 13.0 Å². The number of benzene rings is 2. The van der Waals surface area contributed by atoms with Gasteiger partial charge in [-0.1, -0.05) is 37.7 Å². The first kappa shape index (κ1) is 23.3. The molecule has 0 aliphatic carbocycles. The minimum absolute atomic E-state index is 0.0621. The van der Waals surface area contributed by atoms with Gasteiger partial charge in [0.05, 0.1) is 18.1 Å². The molecule has 0 saturated carbocycles. The Bertz CT molecular complexity index is 1080. The van der Waals surface area contributed by atoms with Gasteiger partial charge in [-0.15, -0.1) is 10.2 Å². The quantitative estimate of drug-likeness (QED) is 0.293. The molecule has 0 saturated heterocycles. The Morgan fingerprint density at radius 1 is 1.16 bits per heavy atom. The molecule has 0 fully saturated rings. The van der Waals surface area contributed by atoms with Crippen molar-refractivity contribution < 1.29 is 14.5 Å². The van der Waals surface area contributed by atoms with E-state index in [0.717, 1.165) is 5.56 Å². The van der Waals surface area contributed by atoms with Crippen LogP contribution < -0.4 is 10.1 Å². The molecule has 1 aromatic heterocycles. The average molecular weight is 456 g/mol. The number of nitrogens with one attached hydrogen (secondary N) is 1. The van der Waals surface area contributed by atoms with Gasteiger partial charge < -0.3 is 14.6 Å². The monoisotopic (exact) mass is 455 g/mol. The predicted octanol–water partition coefficient (Wildman–Crippen LogP) is 4.15. The smallest absolute Gasteiger partial charge is 0.269 e. The number of non-ortho nitro benzene ring substituents is 1. The zero-order chi connectivity index (χ0) is 23.3. The summed E-state index contributed by atoms with van der Waals surface area (Å²) in [5.41, 5.74) is 1.54. The number of carbonyl (C=O) groups excluding carboxylic acids is 1. The third kappa shape index (κ3) is 5.44. The van der Waals surface area contributed by atoms with Crippen molar-refractivity contribution in [3.8, 4) is 5.75 Å². The third-order valence-corrected chi connectivity index (χ3v) is 6.06. The maximum Gasteiger partial charge on any atom is 0.269 e. The number of methoxy groups -OCH3 is 1. The van der Waals surface area contributed by atoms with Crippen molar-refractivity contribution in [3.05, 3.63) is 75.6 Å². The van der Waals surface area contributed by atoms with E-state index in [9.17, 15) is 14.9 Å². The number of nitro groups is 1. The molecule has 0 unspecified atom stereocenters. The number of amides is 1. The van der Waals surface area contributed by atoms with E-state index in [-0.39, 0.29) is 23.6 Å². The predicted molar refractivity (Wildman–Crippen MR) is 122 cm³/mol. The Labute approximate surface area is 190 Å². The lowest BCUT2D eigenvalue weighted by Crippen LogP contribution is -2.33. The van der Waals surface area contributed by atoms with E-state index >= 15 is 0 Å². The summed E-state index contributed by atoms with van der Waals surface area (Å²) in [6.45, 7) is 4.02. The van der Waals surface area contributed by atoms with Gasteiger partial charge in [0, 0.05) is 30.5 Å². The summed E-state index contributed by atoms with van der Waals surface area (Å²) in [5, 5.41) is 23.2. The molecule has 3 aromatic rings. The molecular weight excluding hydrogens is 430 g/mol. The Balaban J connectivity index is 1.70. The largest absolute Gasteiger partial charge is 0.497 e. The van der Waals surface area contributed by atoms with Crippen molar-refractivity contribution in [1.29, 1.82) is 0 Å². The van der Waals surface area contributed by atoms with Crippen LogP contribution in [0, 0.1) is 16.0 Å². The lowest BCUT2D eigenvalue weighted by Gasteiger charge is -2.21. The van der Waals surface area contributed by atoms with E-state index in [2.05, 4.69) is 15.5 Å². The van der Waals surface area contributed by atoms with Crippen LogP contribution in [-0.4, -0.2) is 32.7 Å². The van der Waals surface area contributed by atoms with Gasteiger partial charge in [-0.05, 0) is 35.7 Å². The molecule has 168 valence electrons. The molecule has 0 radical (unpaired) electrons. The highest BCUT2D eigenvalue weighted by Gasteiger charge is 2.25. The molecular formula is C22H25N5O4S. The zero-order valence-corrected chi connectivity index (χ0v) is 19.1. The highest BCUT2D eigenvalue weighted by atomic mass is 32.2. The van der Waals surface area contributed by atoms with Crippen LogP contribution in [0.1, 0.15) is 41.6 Å². The van der Waals surface area contributed by atoms with Gasteiger partial charge in [0.1, 0.15) is 5.75 Å². The fraction of sp³-hybridized carbons (Fsp3) is 0.318. The van der Waals surface area contributed by atoms with E-state index in [4.69, 9.17) is 4.74 Å². The van der Waals surface area contributed by atoms with Gasteiger partial charge >= 0.3 is 0 Å². The van der Waals surface area contributed by atoms with E-state index in [0.29, 0.717) is 28.0 Å². The van der Waals surface area contributed by atoms with Crippen LogP contribution in [0.5, 0.6) is 5.75 Å². The highest BCUT2D eigenvalue weighted by Crippen LogP contribution is 2.27. The Kier molecular flexibility index (Phi) is 7.47. The number of hydrogen-bond acceptors (Lipinski definition) is 7. The van der Waals surface area contributed by atoms with Crippen LogP contribution in [0.2, 0.25) is 0 Å². The van der Waals surface area contributed by atoms with Crippen LogP contribution in [0.15, 0.2) is 53.7 Å². The lowest BCUT2D eigenvalue weighted by molar-refractivity contribution is -0.384. The Hall–Kier alpha value is -3.40. The van der Waals surface area contributed by atoms with Crippen LogP contribution in [0.3, 0.4) is 0 Å². The molecule has 0 bridgehead atoms. The first-order valence-corrected chi connectivity index (χ1v) is 11.0. The standard InChI is InChI=1S/C22H25N5O4S/c1-14(2)19(23-21(28)16-7-11-18(31-4)12-8-16)20-24-25-22(26(20)3)32-13-15-5-9-17(10-6-15)27(29)30/h5-12,14,19H,13H2,1-4H3,(H,23,28)/t19-/m0/s1. The van der Waals surface area contributed by atoms with Crippen molar-refractivity contribution in [1.82, 2.24) is 20.1 Å². The number of nitrogens with zero attached hydrogens (tertiary/aromatic N) is 4. The maximum absolute atomic E-state index is 12.8. The number of hydrogen-bond donors (Lipinski definition) is 1. The molecule has 0 aliphatic rings. The summed E-state index contributed by atoms with van der Waals surface area (Å²) >= 11 is 1.48. The molecule has 2 aromatic carbocycles. The zero-order valence-electron chi connectivity index (χ0n) is 18.3. The normalized spacial score (nSPS) is 11.9. The van der Waals surface area contributed by atoms with Gasteiger partial charge in [-0.2, -0.15) is 0 Å². The molecule has 1 atom stereocenters. The number of aromatic nitrogens is 3. The molecule has 0 aliphatic heterocycles. The molecule has 1 heterocycles. The molecule has 9 nitrogen and oxygen atoms in total. The summed E-state index contributed by atoms with van der Waals surface area (Å²) in [6, 6.07) is 13.0. The molecule has 3 rings (SSSR count). The Morgan fingerprint density at radius 2 is 1.81 bits per heavy atom. The number of thioether (sulfide) groups is 1. The minimum atomic E-state index is -0.418. The van der Waals surface area contributed by atoms with Gasteiger partial charge in [-0.3, -0.25) is 14.9 Å². The van der Waals surface area contributed by atoms with Crippen molar-refractivity contribution in [2.45, 2.75) is 30.8 Å². The SMILES string of the molecule is COc1ccc(C(=O)N[C@H](c2nnc(SCc3ccc([N+](=O)[O-])cc3)n2C)C(C)C)cc1. The van der Waals surface area contributed by atoms with E-state index in [1.54, 1.807) is 43.5 Å². The fourth-order valence-corrected chi connectivity index (χ4v) is 3.95. The average Bonchev–Trinajstić information content (AvgIpc) is 3.15. The highest BCUT2D eigenvalue weighted by molar-refractivity contribution is 7.98. The topological polar surface area (TPSA) is 112 Å². The number of rotatable bonds is 9. The van der Waals surface area contributed by atoms with Crippen molar-refractivity contribution >= 4 is 23.4 Å². The molecule has 0 spiro atoms. The minimum Gasteiger partial charge on any atom is -0.497 e. The molecule has 1 amide bonds. The summed E-state index contributed by atoms with van der Waals surface area (Å²) in [4.78, 5) is 23.2. The summed E-state index contributed by atoms with van der Waals surface area (Å²) in [6.07, 6.45) is 0. The lowest BCUT2D eigenvalue weighted by atomic mass is 10.0. The van der Waals surface area contributed by atoms with Crippen LogP contribution >= 0.6 is 11.8 Å². The third-order valence-electron chi connectivity index (χ3n) is 4.97. The number of carbonyl (C=O) groups is 1. The summed E-state index contributed by atoms with van der Waals surface area (Å²) < 4.78 is 7.01. The van der Waals surface area contributed by atoms with Crippen LogP contribution in [0.4, 0.5) is 5.69 Å². The Morgan fingerprint density at radius 3 is 2.38 bits per heavy atom. The summed E-state index contributed by atoms with van der Waals surface area (Å²) in [7, 11) is 3.44. The number of ether oxygens (including phenoxy) is 1.